The normalized spacial score (nSPS) is 11.7. The molecule has 252 valence electrons. The Bertz CT molecular complexity index is 3120. The zero-order valence-corrected chi connectivity index (χ0v) is 29.3. The van der Waals surface area contributed by atoms with Crippen LogP contribution in [0.1, 0.15) is 0 Å². The van der Waals surface area contributed by atoms with Gasteiger partial charge in [-0.2, -0.15) is 0 Å². The molecule has 11 aromatic rings. The lowest BCUT2D eigenvalue weighted by Crippen LogP contribution is -2.00. The van der Waals surface area contributed by atoms with E-state index in [0.29, 0.717) is 5.95 Å². The van der Waals surface area contributed by atoms with Crippen molar-refractivity contribution in [3.63, 3.8) is 0 Å². The fourth-order valence-electron chi connectivity index (χ4n) is 8.30. The molecule has 0 unspecified atom stereocenters. The fourth-order valence-corrected chi connectivity index (χ4v) is 8.30. The summed E-state index contributed by atoms with van der Waals surface area (Å²) in [5, 5.41) is 7.27. The van der Waals surface area contributed by atoms with Gasteiger partial charge >= 0.3 is 0 Å². The molecule has 0 atom stereocenters. The van der Waals surface area contributed by atoms with Crippen LogP contribution in [0.4, 0.5) is 0 Å². The molecule has 0 fully saturated rings. The summed E-state index contributed by atoms with van der Waals surface area (Å²) in [7, 11) is 0. The van der Waals surface area contributed by atoms with Crippen LogP contribution in [0, 0.1) is 0 Å². The lowest BCUT2D eigenvalue weighted by molar-refractivity contribution is 0.990. The SMILES string of the molecule is c1ccc(-c2cc(-c3ccccc3)cc(-c3cnc(-n4c5ccccc5c5c6cc7c8ccccc8n(-c8ccccc8)c7cc6ccc54)nc3)c2)cc1. The molecule has 0 amide bonds. The van der Waals surface area contributed by atoms with Crippen molar-refractivity contribution >= 4 is 54.4 Å². The summed E-state index contributed by atoms with van der Waals surface area (Å²) in [5.74, 6) is 0.647. The van der Waals surface area contributed by atoms with Crippen LogP contribution in [0.15, 0.2) is 194 Å². The van der Waals surface area contributed by atoms with Gasteiger partial charge in [0, 0.05) is 45.2 Å². The molecule has 11 rings (SSSR count). The molecule has 0 aliphatic carbocycles. The molecule has 4 nitrogen and oxygen atoms in total. The molecule has 4 heteroatoms. The molecule has 0 bridgehead atoms. The molecule has 0 aliphatic rings. The Labute approximate surface area is 311 Å². The number of para-hydroxylation sites is 3. The van der Waals surface area contributed by atoms with Crippen molar-refractivity contribution in [1.29, 1.82) is 0 Å². The molecule has 8 aromatic carbocycles. The van der Waals surface area contributed by atoms with Crippen molar-refractivity contribution < 1.29 is 0 Å². The number of hydrogen-bond donors (Lipinski definition) is 0. The highest BCUT2D eigenvalue weighted by Crippen LogP contribution is 2.41. The van der Waals surface area contributed by atoms with Gasteiger partial charge in [-0.05, 0) is 99.3 Å². The minimum atomic E-state index is 0.647. The molecule has 3 aromatic heterocycles. The molecular formula is C50H32N4. The maximum absolute atomic E-state index is 5.06. The summed E-state index contributed by atoms with van der Waals surface area (Å²) in [5.41, 5.74) is 12.4. The van der Waals surface area contributed by atoms with Crippen molar-refractivity contribution in [2.75, 3.05) is 0 Å². The highest BCUT2D eigenvalue weighted by Gasteiger charge is 2.19. The van der Waals surface area contributed by atoms with E-state index < -0.39 is 0 Å². The molecular weight excluding hydrogens is 657 g/mol. The zero-order valence-electron chi connectivity index (χ0n) is 29.3. The van der Waals surface area contributed by atoms with E-state index in [4.69, 9.17) is 9.97 Å². The monoisotopic (exact) mass is 688 g/mol. The van der Waals surface area contributed by atoms with Crippen LogP contribution in [-0.4, -0.2) is 19.1 Å². The number of benzene rings is 8. The maximum Gasteiger partial charge on any atom is 0.234 e. The Morgan fingerprint density at radius 1 is 0.315 bits per heavy atom. The van der Waals surface area contributed by atoms with E-state index in [9.17, 15) is 0 Å². The minimum absolute atomic E-state index is 0.647. The predicted molar refractivity (Wildman–Crippen MR) is 225 cm³/mol. The lowest BCUT2D eigenvalue weighted by atomic mass is 9.94. The van der Waals surface area contributed by atoms with Crippen LogP contribution in [0.5, 0.6) is 0 Å². The van der Waals surface area contributed by atoms with E-state index >= 15 is 0 Å². The van der Waals surface area contributed by atoms with Gasteiger partial charge in [-0.3, -0.25) is 4.57 Å². The zero-order chi connectivity index (χ0) is 35.6. The van der Waals surface area contributed by atoms with E-state index in [1.54, 1.807) is 0 Å². The van der Waals surface area contributed by atoms with Crippen molar-refractivity contribution in [3.8, 4) is 45.0 Å². The second kappa shape index (κ2) is 12.1. The Morgan fingerprint density at radius 3 is 1.50 bits per heavy atom. The highest BCUT2D eigenvalue weighted by molar-refractivity contribution is 6.25. The number of aromatic nitrogens is 4. The van der Waals surface area contributed by atoms with Gasteiger partial charge in [-0.15, -0.1) is 0 Å². The highest BCUT2D eigenvalue weighted by atomic mass is 15.1. The molecule has 0 saturated carbocycles. The minimum Gasteiger partial charge on any atom is -0.309 e. The Morgan fingerprint density at radius 2 is 0.852 bits per heavy atom. The second-order valence-corrected chi connectivity index (χ2v) is 13.9. The third-order valence-corrected chi connectivity index (χ3v) is 10.8. The number of fused-ring (bicyclic) bond motifs is 8. The largest absolute Gasteiger partial charge is 0.309 e. The van der Waals surface area contributed by atoms with Gasteiger partial charge in [0.15, 0.2) is 0 Å². The standard InChI is InChI=1S/C50H32N4/c1-4-14-33(15-5-1)36-26-37(34-16-6-2-7-17-34)28-38(27-36)39-31-51-50(52-32-39)54-46-23-13-11-21-42(46)49-43-30-44-41-20-10-12-22-45(41)53(40-18-8-3-9-19-40)48(44)29-35(43)24-25-47(49)54/h1-32H. The topological polar surface area (TPSA) is 35.6 Å². The average molecular weight is 689 g/mol. The summed E-state index contributed by atoms with van der Waals surface area (Å²) in [6.45, 7) is 0. The predicted octanol–water partition coefficient (Wildman–Crippen LogP) is 12.8. The summed E-state index contributed by atoms with van der Waals surface area (Å²) in [6.07, 6.45) is 3.93. The van der Waals surface area contributed by atoms with Crippen LogP contribution < -0.4 is 0 Å². The third-order valence-electron chi connectivity index (χ3n) is 10.8. The van der Waals surface area contributed by atoms with E-state index in [0.717, 1.165) is 39.0 Å². The van der Waals surface area contributed by atoms with E-state index in [2.05, 4.69) is 191 Å². The Kier molecular flexibility index (Phi) is 6.82. The maximum atomic E-state index is 5.06. The first-order valence-corrected chi connectivity index (χ1v) is 18.3. The summed E-state index contributed by atoms with van der Waals surface area (Å²) in [6, 6.07) is 65.0. The quantitative estimate of drug-likeness (QED) is 0.180. The Hall–Kier alpha value is -7.30. The first kappa shape index (κ1) is 30.3. The third kappa shape index (κ3) is 4.78. The molecule has 54 heavy (non-hydrogen) atoms. The van der Waals surface area contributed by atoms with Crippen molar-refractivity contribution in [1.82, 2.24) is 19.1 Å². The first-order chi connectivity index (χ1) is 26.8. The van der Waals surface area contributed by atoms with Gasteiger partial charge in [0.2, 0.25) is 5.95 Å². The fraction of sp³-hybridized carbons (Fsp3) is 0. The molecule has 3 heterocycles. The molecule has 0 N–H and O–H groups in total. The van der Waals surface area contributed by atoms with Gasteiger partial charge in [-0.1, -0.05) is 121 Å². The smallest absolute Gasteiger partial charge is 0.234 e. The van der Waals surface area contributed by atoms with E-state index in [-0.39, 0.29) is 0 Å². The van der Waals surface area contributed by atoms with Crippen molar-refractivity contribution in [3.05, 3.63) is 194 Å². The summed E-state index contributed by atoms with van der Waals surface area (Å²) in [4.78, 5) is 10.1. The van der Waals surface area contributed by atoms with Gasteiger partial charge in [0.25, 0.3) is 0 Å². The molecule has 0 radical (unpaired) electrons. The molecule has 0 aliphatic heterocycles. The van der Waals surface area contributed by atoms with Crippen molar-refractivity contribution in [2.45, 2.75) is 0 Å². The average Bonchev–Trinajstić information content (AvgIpc) is 3.76. The van der Waals surface area contributed by atoms with Gasteiger partial charge in [0.1, 0.15) is 0 Å². The van der Waals surface area contributed by atoms with Crippen LogP contribution >= 0.6 is 0 Å². The molecule has 0 spiro atoms. The summed E-state index contributed by atoms with van der Waals surface area (Å²) >= 11 is 0. The van der Waals surface area contributed by atoms with Gasteiger partial charge in [-0.25, -0.2) is 9.97 Å². The number of nitrogens with zero attached hydrogens (tertiary/aromatic N) is 4. The van der Waals surface area contributed by atoms with Crippen LogP contribution in [0.25, 0.3) is 99.4 Å². The first-order valence-electron chi connectivity index (χ1n) is 18.3. The van der Waals surface area contributed by atoms with Crippen LogP contribution in [0.3, 0.4) is 0 Å². The van der Waals surface area contributed by atoms with Crippen LogP contribution in [-0.2, 0) is 0 Å². The van der Waals surface area contributed by atoms with Gasteiger partial charge in [0.05, 0.1) is 22.1 Å². The number of rotatable bonds is 5. The molecule has 0 saturated heterocycles. The van der Waals surface area contributed by atoms with Crippen molar-refractivity contribution in [2.24, 2.45) is 0 Å². The Balaban J connectivity index is 1.09. The summed E-state index contributed by atoms with van der Waals surface area (Å²) < 4.78 is 4.59. The van der Waals surface area contributed by atoms with E-state index in [1.165, 1.54) is 54.5 Å². The van der Waals surface area contributed by atoms with Crippen LogP contribution in [0.2, 0.25) is 0 Å². The lowest BCUT2D eigenvalue weighted by Gasteiger charge is -2.12. The number of hydrogen-bond acceptors (Lipinski definition) is 2. The van der Waals surface area contributed by atoms with E-state index in [1.807, 2.05) is 12.4 Å². The second-order valence-electron chi connectivity index (χ2n) is 13.9. The van der Waals surface area contributed by atoms with Gasteiger partial charge < -0.3 is 4.57 Å².